The van der Waals surface area contributed by atoms with Gasteiger partial charge in [-0.25, -0.2) is 4.79 Å². The molecule has 1 aromatic heterocycles. The van der Waals surface area contributed by atoms with Crippen molar-refractivity contribution < 1.29 is 14.7 Å². The van der Waals surface area contributed by atoms with Crippen molar-refractivity contribution in [2.24, 2.45) is 5.92 Å². The summed E-state index contributed by atoms with van der Waals surface area (Å²) in [6, 6.07) is 13.2. The molecule has 0 saturated heterocycles. The first-order valence-corrected chi connectivity index (χ1v) is 12.2. The third-order valence-electron chi connectivity index (χ3n) is 6.21. The number of aliphatic carboxylic acids is 1. The van der Waals surface area contributed by atoms with Crippen molar-refractivity contribution >= 4 is 47.2 Å². The predicted molar refractivity (Wildman–Crippen MR) is 128 cm³/mol. The van der Waals surface area contributed by atoms with Gasteiger partial charge in [-0.2, -0.15) is 12.6 Å². The Bertz CT molecular complexity index is 1110. The normalized spacial score (nSPS) is 17.3. The van der Waals surface area contributed by atoms with Crippen LogP contribution < -0.4 is 5.32 Å². The molecule has 3 atom stereocenters. The van der Waals surface area contributed by atoms with Crippen LogP contribution in [0, 0.1) is 5.92 Å². The monoisotopic (exact) mass is 454 g/mol. The lowest BCUT2D eigenvalue weighted by Gasteiger charge is -2.24. The number of thiol groups is 1. The van der Waals surface area contributed by atoms with Gasteiger partial charge in [0.2, 0.25) is 5.91 Å². The second-order valence-electron chi connectivity index (χ2n) is 7.96. The molecule has 31 heavy (non-hydrogen) atoms. The molecule has 7 heteroatoms. The van der Waals surface area contributed by atoms with Crippen LogP contribution in [0.3, 0.4) is 0 Å². The minimum absolute atomic E-state index is 0.0611. The van der Waals surface area contributed by atoms with E-state index in [9.17, 15) is 14.7 Å². The third-order valence-corrected chi connectivity index (χ3v) is 7.33. The number of carboxylic acids is 1. The smallest absolute Gasteiger partial charge is 0.326 e. The van der Waals surface area contributed by atoms with E-state index in [2.05, 4.69) is 47.4 Å². The van der Waals surface area contributed by atoms with Crippen molar-refractivity contribution in [3.8, 4) is 0 Å². The topological polar surface area (TPSA) is 82.2 Å². The lowest BCUT2D eigenvalue weighted by molar-refractivity contribution is -0.142. The molecule has 162 valence electrons. The standard InChI is InChI=1S/C24H26N2O3S2/c1-31-16-7-9-17-14(10-16)6-8-19(17)20(13-30)23(27)26-22(24(28)29)11-15-12-25-21-5-3-2-4-18(15)21/h2-5,7,9-10,12,19-20,22,25,30H,6,8,11,13H2,1H3,(H,26,27)(H,28,29)/t19?,20?,22-/m0/s1. The highest BCUT2D eigenvalue weighted by molar-refractivity contribution is 7.98. The maximum absolute atomic E-state index is 13.2. The number of carboxylic acid groups (broad SMARTS) is 1. The Balaban J connectivity index is 1.51. The molecule has 5 nitrogen and oxygen atoms in total. The van der Waals surface area contributed by atoms with Crippen LogP contribution >= 0.6 is 24.4 Å². The first kappa shape index (κ1) is 21.8. The SMILES string of the molecule is CSc1ccc2c(c1)CCC2C(CS)C(=O)N[C@@H](Cc1c[nH]c2ccccc12)C(=O)O. The Morgan fingerprint density at radius 1 is 1.29 bits per heavy atom. The van der Waals surface area contributed by atoms with Crippen LogP contribution in [-0.4, -0.2) is 40.0 Å². The Hall–Kier alpha value is -2.38. The lowest BCUT2D eigenvalue weighted by atomic mass is 9.87. The van der Waals surface area contributed by atoms with Crippen LogP contribution in [0.4, 0.5) is 0 Å². The second kappa shape index (κ2) is 9.40. The van der Waals surface area contributed by atoms with Gasteiger partial charge in [-0.3, -0.25) is 4.79 Å². The van der Waals surface area contributed by atoms with E-state index < -0.39 is 12.0 Å². The highest BCUT2D eigenvalue weighted by Gasteiger charge is 2.35. The molecule has 1 amide bonds. The second-order valence-corrected chi connectivity index (χ2v) is 9.21. The van der Waals surface area contributed by atoms with Crippen LogP contribution in [0.2, 0.25) is 0 Å². The zero-order valence-corrected chi connectivity index (χ0v) is 19.0. The van der Waals surface area contributed by atoms with Gasteiger partial charge in [-0.05, 0) is 59.9 Å². The number of hydrogen-bond acceptors (Lipinski definition) is 4. The zero-order valence-electron chi connectivity index (χ0n) is 17.3. The summed E-state index contributed by atoms with van der Waals surface area (Å²) >= 11 is 6.16. The van der Waals surface area contributed by atoms with Gasteiger partial charge in [0.15, 0.2) is 0 Å². The van der Waals surface area contributed by atoms with E-state index in [4.69, 9.17) is 0 Å². The Kier molecular flexibility index (Phi) is 6.62. The number of fused-ring (bicyclic) bond motifs is 2. The van der Waals surface area contributed by atoms with E-state index in [1.165, 1.54) is 16.0 Å². The van der Waals surface area contributed by atoms with Gasteiger partial charge in [0.1, 0.15) is 6.04 Å². The number of para-hydroxylation sites is 1. The van der Waals surface area contributed by atoms with Crippen molar-refractivity contribution in [2.75, 3.05) is 12.0 Å². The average Bonchev–Trinajstić information content (AvgIpc) is 3.38. The lowest BCUT2D eigenvalue weighted by Crippen LogP contribution is -2.46. The molecule has 3 N–H and O–H groups in total. The summed E-state index contributed by atoms with van der Waals surface area (Å²) in [5.74, 6) is -1.21. The number of aryl methyl sites for hydroxylation is 1. The number of H-pyrrole nitrogens is 1. The van der Waals surface area contributed by atoms with Crippen molar-refractivity contribution in [3.05, 3.63) is 65.4 Å². The van der Waals surface area contributed by atoms with Crippen molar-refractivity contribution in [3.63, 3.8) is 0 Å². The number of benzene rings is 2. The Morgan fingerprint density at radius 3 is 2.84 bits per heavy atom. The highest BCUT2D eigenvalue weighted by atomic mass is 32.2. The molecule has 1 heterocycles. The molecule has 2 aromatic carbocycles. The number of aromatic amines is 1. The summed E-state index contributed by atoms with van der Waals surface area (Å²) in [4.78, 5) is 29.5. The summed E-state index contributed by atoms with van der Waals surface area (Å²) in [6.07, 6.45) is 5.91. The number of nitrogens with one attached hydrogen (secondary N) is 2. The number of aromatic nitrogens is 1. The number of carbonyl (C=O) groups excluding carboxylic acids is 1. The van der Waals surface area contributed by atoms with Crippen LogP contribution in [0.15, 0.2) is 53.6 Å². The Labute approximate surface area is 191 Å². The molecular formula is C24H26N2O3S2. The van der Waals surface area contributed by atoms with Crippen molar-refractivity contribution in [1.82, 2.24) is 10.3 Å². The number of amides is 1. The maximum atomic E-state index is 13.2. The van der Waals surface area contributed by atoms with Gasteiger partial charge >= 0.3 is 5.97 Å². The fraction of sp³-hybridized carbons (Fsp3) is 0.333. The molecule has 0 fully saturated rings. The summed E-state index contributed by atoms with van der Waals surface area (Å²) in [7, 11) is 0. The zero-order chi connectivity index (χ0) is 22.0. The molecule has 1 aliphatic rings. The Morgan fingerprint density at radius 2 is 2.10 bits per heavy atom. The number of hydrogen-bond donors (Lipinski definition) is 4. The van der Waals surface area contributed by atoms with E-state index in [0.29, 0.717) is 5.75 Å². The molecule has 0 bridgehead atoms. The largest absolute Gasteiger partial charge is 0.480 e. The van der Waals surface area contributed by atoms with Gasteiger partial charge in [-0.15, -0.1) is 11.8 Å². The van der Waals surface area contributed by atoms with E-state index in [1.54, 1.807) is 11.8 Å². The number of rotatable bonds is 8. The van der Waals surface area contributed by atoms with E-state index in [0.717, 1.165) is 29.3 Å². The molecule has 0 radical (unpaired) electrons. The molecular weight excluding hydrogens is 428 g/mol. The van der Waals surface area contributed by atoms with Gasteiger partial charge in [0.25, 0.3) is 0 Å². The van der Waals surface area contributed by atoms with E-state index in [-0.39, 0.29) is 24.2 Å². The van der Waals surface area contributed by atoms with Gasteiger partial charge < -0.3 is 15.4 Å². The molecule has 2 unspecified atom stereocenters. The van der Waals surface area contributed by atoms with Gasteiger partial charge in [0, 0.05) is 34.2 Å². The molecule has 3 aromatic rings. The molecule has 0 saturated carbocycles. The predicted octanol–water partition coefficient (Wildman–Crippen LogP) is 4.28. The highest BCUT2D eigenvalue weighted by Crippen LogP contribution is 2.40. The molecule has 0 spiro atoms. The number of thioether (sulfide) groups is 1. The van der Waals surface area contributed by atoms with Crippen molar-refractivity contribution in [2.45, 2.75) is 36.1 Å². The summed E-state index contributed by atoms with van der Waals surface area (Å²) < 4.78 is 0. The number of carbonyl (C=O) groups is 2. The summed E-state index contributed by atoms with van der Waals surface area (Å²) in [5.41, 5.74) is 4.30. The van der Waals surface area contributed by atoms with Crippen molar-refractivity contribution in [1.29, 1.82) is 0 Å². The third kappa shape index (κ3) is 4.48. The summed E-state index contributed by atoms with van der Waals surface area (Å²) in [6.45, 7) is 0. The van der Waals surface area contributed by atoms with E-state index in [1.807, 2.05) is 30.5 Å². The first-order valence-electron chi connectivity index (χ1n) is 10.4. The van der Waals surface area contributed by atoms with Gasteiger partial charge in [0.05, 0.1) is 5.92 Å². The first-order chi connectivity index (χ1) is 15.0. The molecule has 1 aliphatic carbocycles. The van der Waals surface area contributed by atoms with Crippen LogP contribution in [0.1, 0.15) is 29.0 Å². The minimum Gasteiger partial charge on any atom is -0.480 e. The summed E-state index contributed by atoms with van der Waals surface area (Å²) in [5, 5.41) is 13.6. The van der Waals surface area contributed by atoms with Gasteiger partial charge in [-0.1, -0.05) is 24.3 Å². The minimum atomic E-state index is -1.03. The van der Waals surface area contributed by atoms with Crippen LogP contribution in [-0.2, 0) is 22.4 Å². The maximum Gasteiger partial charge on any atom is 0.326 e. The quantitative estimate of drug-likeness (QED) is 0.303. The molecule has 0 aliphatic heterocycles. The fourth-order valence-electron chi connectivity index (χ4n) is 4.56. The van der Waals surface area contributed by atoms with Crippen LogP contribution in [0.5, 0.6) is 0 Å². The molecule has 4 rings (SSSR count). The van der Waals surface area contributed by atoms with Crippen LogP contribution in [0.25, 0.3) is 10.9 Å². The van der Waals surface area contributed by atoms with E-state index >= 15 is 0 Å². The fourth-order valence-corrected chi connectivity index (χ4v) is 5.45. The average molecular weight is 455 g/mol.